The van der Waals surface area contributed by atoms with Gasteiger partial charge < -0.3 is 14.6 Å². The van der Waals surface area contributed by atoms with Crippen molar-refractivity contribution < 1.29 is 14.6 Å². The van der Waals surface area contributed by atoms with Crippen LogP contribution >= 0.6 is 11.6 Å². The molecule has 2 rings (SSSR count). The third-order valence-electron chi connectivity index (χ3n) is 2.57. The second kappa shape index (κ2) is 4.49. The second-order valence-corrected chi connectivity index (χ2v) is 3.99. The van der Waals surface area contributed by atoms with Gasteiger partial charge in [-0.3, -0.25) is 0 Å². The number of hydrogen-bond donors (Lipinski definition) is 1. The molecule has 1 N–H and O–H groups in total. The van der Waals surface area contributed by atoms with Crippen molar-refractivity contribution >= 4 is 11.6 Å². The third-order valence-corrected chi connectivity index (χ3v) is 2.90. The molecule has 0 saturated heterocycles. The summed E-state index contributed by atoms with van der Waals surface area (Å²) in [5.41, 5.74) is 1.94. The first-order valence-corrected chi connectivity index (χ1v) is 5.17. The molecule has 0 saturated carbocycles. The van der Waals surface area contributed by atoms with Gasteiger partial charge in [-0.25, -0.2) is 0 Å². The maximum atomic E-state index is 9.82. The summed E-state index contributed by atoms with van der Waals surface area (Å²) in [5.74, 6) is 0. The quantitative estimate of drug-likeness (QED) is 0.804. The molecule has 0 fully saturated rings. The SMILES string of the molecule is COCO[C@H]1c2c(Cl)cccc2C[C@H]1O. The first-order valence-electron chi connectivity index (χ1n) is 4.80. The van der Waals surface area contributed by atoms with E-state index in [0.29, 0.717) is 11.4 Å². The lowest BCUT2D eigenvalue weighted by Crippen LogP contribution is -2.17. The average Bonchev–Trinajstić information content (AvgIpc) is 2.53. The predicted octanol–water partition coefficient (Wildman–Crippen LogP) is 1.92. The fourth-order valence-electron chi connectivity index (χ4n) is 1.94. The molecule has 0 aromatic heterocycles. The van der Waals surface area contributed by atoms with Crippen molar-refractivity contribution in [2.24, 2.45) is 0 Å². The van der Waals surface area contributed by atoms with Crippen LogP contribution in [0.4, 0.5) is 0 Å². The van der Waals surface area contributed by atoms with Gasteiger partial charge in [0.1, 0.15) is 12.9 Å². The summed E-state index contributed by atoms with van der Waals surface area (Å²) >= 11 is 6.08. The highest BCUT2D eigenvalue weighted by molar-refractivity contribution is 6.31. The van der Waals surface area contributed by atoms with E-state index >= 15 is 0 Å². The molecule has 1 aromatic carbocycles. The molecular weight excluding hydrogens is 216 g/mol. The van der Waals surface area contributed by atoms with Gasteiger partial charge >= 0.3 is 0 Å². The van der Waals surface area contributed by atoms with Crippen molar-refractivity contribution in [2.45, 2.75) is 18.6 Å². The normalized spacial score (nSPS) is 24.2. The summed E-state index contributed by atoms with van der Waals surface area (Å²) in [7, 11) is 1.55. The topological polar surface area (TPSA) is 38.7 Å². The molecule has 1 aliphatic rings. The van der Waals surface area contributed by atoms with Gasteiger partial charge in [0.25, 0.3) is 0 Å². The highest BCUT2D eigenvalue weighted by atomic mass is 35.5. The smallest absolute Gasteiger partial charge is 0.147 e. The maximum absolute atomic E-state index is 9.82. The molecule has 0 aliphatic heterocycles. The number of ether oxygens (including phenoxy) is 2. The van der Waals surface area contributed by atoms with Crippen LogP contribution in [0, 0.1) is 0 Å². The van der Waals surface area contributed by atoms with Crippen molar-refractivity contribution in [3.05, 3.63) is 34.3 Å². The number of methoxy groups -OCH3 is 1. The minimum atomic E-state index is -0.532. The molecule has 0 radical (unpaired) electrons. The highest BCUT2D eigenvalue weighted by Crippen LogP contribution is 2.38. The van der Waals surface area contributed by atoms with Crippen LogP contribution in [0.1, 0.15) is 17.2 Å². The van der Waals surface area contributed by atoms with E-state index in [2.05, 4.69) is 0 Å². The van der Waals surface area contributed by atoms with Crippen LogP contribution in [0.2, 0.25) is 5.02 Å². The van der Waals surface area contributed by atoms with Crippen LogP contribution in [0.3, 0.4) is 0 Å². The first-order chi connectivity index (χ1) is 7.24. The van der Waals surface area contributed by atoms with Gasteiger partial charge in [0.15, 0.2) is 0 Å². The van der Waals surface area contributed by atoms with E-state index < -0.39 is 6.10 Å². The number of aliphatic hydroxyl groups excluding tert-OH is 1. The Labute approximate surface area is 93.6 Å². The third kappa shape index (κ3) is 2.01. The largest absolute Gasteiger partial charge is 0.390 e. The predicted molar refractivity (Wildman–Crippen MR) is 56.9 cm³/mol. The molecular formula is C11H13ClO3. The van der Waals surface area contributed by atoms with Crippen molar-refractivity contribution in [3.8, 4) is 0 Å². The second-order valence-electron chi connectivity index (χ2n) is 3.58. The lowest BCUT2D eigenvalue weighted by atomic mass is 10.1. The van der Waals surface area contributed by atoms with Crippen LogP contribution in [0.15, 0.2) is 18.2 Å². The Hall–Kier alpha value is -0.610. The summed E-state index contributed by atoms with van der Waals surface area (Å²) in [6.07, 6.45) is -0.312. The number of rotatable bonds is 3. The van der Waals surface area contributed by atoms with Gasteiger partial charge in [-0.2, -0.15) is 0 Å². The molecule has 0 spiro atoms. The molecule has 3 nitrogen and oxygen atoms in total. The van der Waals surface area contributed by atoms with Gasteiger partial charge in [-0.1, -0.05) is 23.7 Å². The first kappa shape index (κ1) is 10.9. The summed E-state index contributed by atoms with van der Waals surface area (Å²) in [6, 6.07) is 5.65. The van der Waals surface area contributed by atoms with E-state index in [0.717, 1.165) is 11.1 Å². The fraction of sp³-hybridized carbons (Fsp3) is 0.455. The molecule has 2 atom stereocenters. The van der Waals surface area contributed by atoms with E-state index in [1.165, 1.54) is 0 Å². The minimum absolute atomic E-state index is 0.159. The average molecular weight is 229 g/mol. The van der Waals surface area contributed by atoms with Crippen LogP contribution in [-0.4, -0.2) is 25.1 Å². The Balaban J connectivity index is 2.27. The van der Waals surface area contributed by atoms with Crippen LogP contribution in [-0.2, 0) is 15.9 Å². The molecule has 0 heterocycles. The standard InChI is InChI=1S/C11H13ClO3/c1-14-6-15-11-9(13)5-7-3-2-4-8(12)10(7)11/h2-4,9,11,13H,5-6H2,1H3/t9-,11-/m1/s1. The highest BCUT2D eigenvalue weighted by Gasteiger charge is 2.33. The zero-order valence-electron chi connectivity index (χ0n) is 8.44. The van der Waals surface area contributed by atoms with E-state index in [1.54, 1.807) is 7.11 Å². The van der Waals surface area contributed by atoms with E-state index in [-0.39, 0.29) is 12.9 Å². The Morgan fingerprint density at radius 2 is 2.33 bits per heavy atom. The zero-order chi connectivity index (χ0) is 10.8. The van der Waals surface area contributed by atoms with Gasteiger partial charge in [0, 0.05) is 24.1 Å². The number of benzene rings is 1. The van der Waals surface area contributed by atoms with Gasteiger partial charge in [0.2, 0.25) is 0 Å². The Morgan fingerprint density at radius 1 is 1.53 bits per heavy atom. The molecule has 1 aromatic rings. The summed E-state index contributed by atoms with van der Waals surface area (Å²) < 4.78 is 10.2. The Kier molecular flexibility index (Phi) is 3.26. The summed E-state index contributed by atoms with van der Waals surface area (Å²) in [6.45, 7) is 0.159. The number of aliphatic hydroxyl groups is 1. The monoisotopic (exact) mass is 228 g/mol. The molecule has 82 valence electrons. The molecule has 0 unspecified atom stereocenters. The molecule has 4 heteroatoms. The minimum Gasteiger partial charge on any atom is -0.390 e. The Morgan fingerprint density at radius 3 is 3.07 bits per heavy atom. The number of hydrogen-bond acceptors (Lipinski definition) is 3. The summed E-state index contributed by atoms with van der Waals surface area (Å²) in [5, 5.41) is 10.5. The van der Waals surface area contributed by atoms with E-state index in [1.807, 2.05) is 18.2 Å². The van der Waals surface area contributed by atoms with Gasteiger partial charge in [0.05, 0.1) is 6.10 Å². The summed E-state index contributed by atoms with van der Waals surface area (Å²) in [4.78, 5) is 0. The van der Waals surface area contributed by atoms with Crippen molar-refractivity contribution in [1.82, 2.24) is 0 Å². The number of fused-ring (bicyclic) bond motifs is 1. The van der Waals surface area contributed by atoms with E-state index in [9.17, 15) is 5.11 Å². The van der Waals surface area contributed by atoms with Crippen LogP contribution in [0.25, 0.3) is 0 Å². The van der Waals surface area contributed by atoms with Crippen LogP contribution < -0.4 is 0 Å². The van der Waals surface area contributed by atoms with Crippen molar-refractivity contribution in [1.29, 1.82) is 0 Å². The zero-order valence-corrected chi connectivity index (χ0v) is 9.20. The Bertz CT molecular complexity index is 354. The van der Waals surface area contributed by atoms with Crippen molar-refractivity contribution in [3.63, 3.8) is 0 Å². The van der Waals surface area contributed by atoms with Gasteiger partial charge in [-0.05, 0) is 11.6 Å². The lowest BCUT2D eigenvalue weighted by molar-refractivity contribution is -0.108. The van der Waals surface area contributed by atoms with Crippen molar-refractivity contribution in [2.75, 3.05) is 13.9 Å². The fourth-order valence-corrected chi connectivity index (χ4v) is 2.24. The van der Waals surface area contributed by atoms with Crippen LogP contribution in [0.5, 0.6) is 0 Å². The maximum Gasteiger partial charge on any atom is 0.147 e. The number of halogens is 1. The van der Waals surface area contributed by atoms with Gasteiger partial charge in [-0.15, -0.1) is 0 Å². The molecule has 1 aliphatic carbocycles. The van der Waals surface area contributed by atoms with E-state index in [4.69, 9.17) is 21.1 Å². The molecule has 0 amide bonds. The molecule has 0 bridgehead atoms. The lowest BCUT2D eigenvalue weighted by Gasteiger charge is -2.16. The molecule has 15 heavy (non-hydrogen) atoms.